The van der Waals surface area contributed by atoms with Crippen LogP contribution >= 0.6 is 0 Å². The molecule has 18 heavy (non-hydrogen) atoms. The van der Waals surface area contributed by atoms with Gasteiger partial charge in [0, 0.05) is 18.9 Å². The molecule has 1 unspecified atom stereocenters. The van der Waals surface area contributed by atoms with Crippen molar-refractivity contribution in [1.29, 1.82) is 0 Å². The highest BCUT2D eigenvalue weighted by atomic mass is 16.5. The minimum Gasteiger partial charge on any atom is -0.495 e. The van der Waals surface area contributed by atoms with E-state index < -0.39 is 0 Å². The zero-order chi connectivity index (χ0) is 13.3. The van der Waals surface area contributed by atoms with Gasteiger partial charge in [-0.2, -0.15) is 0 Å². The molecule has 2 amide bonds. The summed E-state index contributed by atoms with van der Waals surface area (Å²) in [5, 5.41) is 0. The monoisotopic (exact) mass is 248 g/mol. The van der Waals surface area contributed by atoms with E-state index in [0.29, 0.717) is 18.0 Å². The molecule has 0 spiro atoms. The quantitative estimate of drug-likeness (QED) is 0.812. The second kappa shape index (κ2) is 4.78. The van der Waals surface area contributed by atoms with Gasteiger partial charge in [0.2, 0.25) is 11.8 Å². The molecule has 0 saturated carbocycles. The van der Waals surface area contributed by atoms with E-state index in [1.807, 2.05) is 0 Å². The Morgan fingerprint density at radius 1 is 1.44 bits per heavy atom. The molecule has 5 heteroatoms. The minimum atomic E-state index is -0.267. The van der Waals surface area contributed by atoms with Crippen LogP contribution in [-0.4, -0.2) is 18.9 Å². The molecule has 0 aliphatic carbocycles. The van der Waals surface area contributed by atoms with Crippen molar-refractivity contribution >= 4 is 17.5 Å². The molecule has 0 aromatic heterocycles. The Balaban J connectivity index is 2.44. The number of rotatable bonds is 3. The number of nitrogens with zero attached hydrogens (tertiary/aromatic N) is 1. The molecular formula is C13H16N2O3. The summed E-state index contributed by atoms with van der Waals surface area (Å²) in [6, 6.07) is 5.25. The lowest BCUT2D eigenvalue weighted by Gasteiger charge is -2.18. The number of benzene rings is 1. The maximum Gasteiger partial charge on any atom is 0.237 e. The molecule has 2 N–H and O–H groups in total. The summed E-state index contributed by atoms with van der Waals surface area (Å²) >= 11 is 0. The first-order chi connectivity index (χ1) is 8.58. The first kappa shape index (κ1) is 12.6. The lowest BCUT2D eigenvalue weighted by atomic mass is 10.1. The molecule has 0 radical (unpaired) electrons. The van der Waals surface area contributed by atoms with Crippen molar-refractivity contribution in [3.8, 4) is 5.75 Å². The fourth-order valence-electron chi connectivity index (χ4n) is 2.07. The zero-order valence-corrected chi connectivity index (χ0v) is 10.5. The van der Waals surface area contributed by atoms with E-state index in [1.165, 1.54) is 12.0 Å². The SMILES string of the molecule is COc1cc(CN)ccc1N1C(=O)CC(C)C1=O. The second-order valence-corrected chi connectivity index (χ2v) is 4.38. The second-order valence-electron chi connectivity index (χ2n) is 4.38. The summed E-state index contributed by atoms with van der Waals surface area (Å²) in [5.74, 6) is -0.143. The molecule has 1 saturated heterocycles. The summed E-state index contributed by atoms with van der Waals surface area (Å²) in [6.45, 7) is 2.13. The Bertz CT molecular complexity index is 499. The number of imide groups is 1. The molecule has 0 bridgehead atoms. The van der Waals surface area contributed by atoms with Crippen LogP contribution in [0.3, 0.4) is 0 Å². The van der Waals surface area contributed by atoms with Crippen LogP contribution in [-0.2, 0) is 16.1 Å². The maximum absolute atomic E-state index is 12.0. The Kier molecular flexibility index (Phi) is 3.34. The third kappa shape index (κ3) is 1.97. The minimum absolute atomic E-state index is 0.182. The number of amides is 2. The standard InChI is InChI=1S/C13H16N2O3/c1-8-5-12(16)15(13(8)17)10-4-3-9(7-14)6-11(10)18-2/h3-4,6,8H,5,7,14H2,1-2H3. The first-order valence-electron chi connectivity index (χ1n) is 5.82. The van der Waals surface area contributed by atoms with E-state index in [1.54, 1.807) is 25.1 Å². The van der Waals surface area contributed by atoms with Gasteiger partial charge in [-0.3, -0.25) is 9.59 Å². The molecule has 1 aromatic carbocycles. The van der Waals surface area contributed by atoms with Crippen LogP contribution in [0.4, 0.5) is 5.69 Å². The summed E-state index contributed by atoms with van der Waals surface area (Å²) in [7, 11) is 1.51. The molecule has 1 atom stereocenters. The van der Waals surface area contributed by atoms with Crippen LogP contribution in [0, 0.1) is 5.92 Å². The van der Waals surface area contributed by atoms with Crippen molar-refractivity contribution in [1.82, 2.24) is 0 Å². The summed E-state index contributed by atoms with van der Waals surface area (Å²) in [4.78, 5) is 25.0. The Morgan fingerprint density at radius 3 is 2.67 bits per heavy atom. The number of hydrogen-bond acceptors (Lipinski definition) is 4. The predicted octanol–water partition coefficient (Wildman–Crippen LogP) is 1.05. The molecule has 1 heterocycles. The fraction of sp³-hybridized carbons (Fsp3) is 0.385. The average Bonchev–Trinajstić information content (AvgIpc) is 2.62. The number of methoxy groups -OCH3 is 1. The largest absolute Gasteiger partial charge is 0.495 e. The average molecular weight is 248 g/mol. The van der Waals surface area contributed by atoms with Crippen LogP contribution < -0.4 is 15.4 Å². The highest BCUT2D eigenvalue weighted by molar-refractivity contribution is 6.21. The lowest BCUT2D eigenvalue weighted by molar-refractivity contribution is -0.122. The number of ether oxygens (including phenoxy) is 1. The molecule has 2 rings (SSSR count). The van der Waals surface area contributed by atoms with Crippen molar-refractivity contribution in [3.63, 3.8) is 0 Å². The first-order valence-corrected chi connectivity index (χ1v) is 5.82. The number of carbonyl (C=O) groups excluding carboxylic acids is 2. The van der Waals surface area contributed by atoms with Crippen molar-refractivity contribution in [2.24, 2.45) is 11.7 Å². The molecule has 1 fully saturated rings. The topological polar surface area (TPSA) is 72.6 Å². The molecular weight excluding hydrogens is 232 g/mol. The van der Waals surface area contributed by atoms with E-state index >= 15 is 0 Å². The van der Waals surface area contributed by atoms with Crippen LogP contribution in [0.25, 0.3) is 0 Å². The summed E-state index contributed by atoms with van der Waals surface area (Å²) in [5.41, 5.74) is 6.94. The number of anilines is 1. The molecule has 5 nitrogen and oxygen atoms in total. The van der Waals surface area contributed by atoms with E-state index in [-0.39, 0.29) is 24.2 Å². The Hall–Kier alpha value is -1.88. The van der Waals surface area contributed by atoms with Crippen LogP contribution in [0.1, 0.15) is 18.9 Å². The van der Waals surface area contributed by atoms with Gasteiger partial charge in [-0.25, -0.2) is 4.90 Å². The van der Waals surface area contributed by atoms with Gasteiger partial charge < -0.3 is 10.5 Å². The van der Waals surface area contributed by atoms with Crippen molar-refractivity contribution in [3.05, 3.63) is 23.8 Å². The van der Waals surface area contributed by atoms with Gasteiger partial charge in [-0.15, -0.1) is 0 Å². The van der Waals surface area contributed by atoms with Crippen LogP contribution in [0.2, 0.25) is 0 Å². The third-order valence-electron chi connectivity index (χ3n) is 3.09. The van der Waals surface area contributed by atoms with Crippen molar-refractivity contribution in [2.45, 2.75) is 19.9 Å². The van der Waals surface area contributed by atoms with Gasteiger partial charge >= 0.3 is 0 Å². The van der Waals surface area contributed by atoms with E-state index in [9.17, 15) is 9.59 Å². The molecule has 1 aliphatic heterocycles. The van der Waals surface area contributed by atoms with Crippen molar-refractivity contribution < 1.29 is 14.3 Å². The van der Waals surface area contributed by atoms with Gasteiger partial charge in [-0.1, -0.05) is 13.0 Å². The van der Waals surface area contributed by atoms with Gasteiger partial charge in [0.05, 0.1) is 12.8 Å². The Morgan fingerprint density at radius 2 is 2.17 bits per heavy atom. The van der Waals surface area contributed by atoms with Gasteiger partial charge in [-0.05, 0) is 17.7 Å². The van der Waals surface area contributed by atoms with Crippen LogP contribution in [0.5, 0.6) is 5.75 Å². The predicted molar refractivity (Wildman–Crippen MR) is 67.2 cm³/mol. The van der Waals surface area contributed by atoms with Crippen molar-refractivity contribution in [2.75, 3.05) is 12.0 Å². The number of carbonyl (C=O) groups is 2. The lowest BCUT2D eigenvalue weighted by Crippen LogP contribution is -2.30. The fourth-order valence-corrected chi connectivity index (χ4v) is 2.07. The molecule has 1 aromatic rings. The third-order valence-corrected chi connectivity index (χ3v) is 3.09. The summed E-state index contributed by atoms with van der Waals surface area (Å²) in [6.07, 6.45) is 0.251. The van der Waals surface area contributed by atoms with Gasteiger partial charge in [0.25, 0.3) is 0 Å². The number of nitrogens with two attached hydrogens (primary N) is 1. The molecule has 96 valence electrons. The smallest absolute Gasteiger partial charge is 0.237 e. The normalized spacial score (nSPS) is 19.5. The van der Waals surface area contributed by atoms with E-state index in [4.69, 9.17) is 10.5 Å². The maximum atomic E-state index is 12.0. The van der Waals surface area contributed by atoms with E-state index in [0.717, 1.165) is 5.56 Å². The Labute approximate surface area is 106 Å². The van der Waals surface area contributed by atoms with Gasteiger partial charge in [0.15, 0.2) is 0 Å². The highest BCUT2D eigenvalue weighted by Gasteiger charge is 2.37. The van der Waals surface area contributed by atoms with Crippen LogP contribution in [0.15, 0.2) is 18.2 Å². The van der Waals surface area contributed by atoms with Gasteiger partial charge in [0.1, 0.15) is 5.75 Å². The number of hydrogen-bond donors (Lipinski definition) is 1. The highest BCUT2D eigenvalue weighted by Crippen LogP contribution is 2.34. The zero-order valence-electron chi connectivity index (χ0n) is 10.5. The molecule has 1 aliphatic rings. The van der Waals surface area contributed by atoms with E-state index in [2.05, 4.69) is 0 Å². The summed E-state index contributed by atoms with van der Waals surface area (Å²) < 4.78 is 5.23.